The monoisotopic (exact) mass is 613 g/mol. The number of benzene rings is 3. The summed E-state index contributed by atoms with van der Waals surface area (Å²) in [7, 11) is -3.33. The first-order chi connectivity index (χ1) is 18.5. The van der Waals surface area contributed by atoms with E-state index < -0.39 is 39.0 Å². The lowest BCUT2D eigenvalue weighted by molar-refractivity contribution is 0.0685. The minimum absolute atomic E-state index is 0.0246. The zero-order valence-electron chi connectivity index (χ0n) is 20.3. The lowest BCUT2D eigenvalue weighted by Gasteiger charge is -2.28. The molecule has 206 valence electrons. The normalized spacial score (nSPS) is 13.2. The molecule has 3 aromatic carbocycles. The summed E-state index contributed by atoms with van der Waals surface area (Å²) in [5, 5.41) is 22.9. The number of hydrogen-bond donors (Lipinski definition) is 2. The van der Waals surface area contributed by atoms with Crippen LogP contribution in [0, 0.1) is 0 Å². The molecule has 0 aliphatic heterocycles. The number of halogens is 3. The molecule has 0 radical (unpaired) electrons. The quantitative estimate of drug-likeness (QED) is 0.107. The molecule has 0 amide bonds. The fourth-order valence-corrected chi connectivity index (χ4v) is 6.09. The van der Waals surface area contributed by atoms with Gasteiger partial charge in [-0.05, 0) is 41.8 Å². The maximum atomic E-state index is 13.5. The molecule has 9 nitrogen and oxygen atoms in total. The number of carbonyl (C=O) groups is 2. The molecule has 0 heterocycles. The maximum absolute atomic E-state index is 13.5. The molecule has 0 bridgehead atoms. The Morgan fingerprint density at radius 2 is 1.51 bits per heavy atom. The van der Waals surface area contributed by atoms with E-state index in [1.54, 1.807) is 12.1 Å². The van der Waals surface area contributed by atoms with Crippen LogP contribution in [0.5, 0.6) is 0 Å². The van der Waals surface area contributed by atoms with Crippen molar-refractivity contribution in [2.45, 2.75) is 29.8 Å². The van der Waals surface area contributed by atoms with Gasteiger partial charge in [-0.2, -0.15) is 8.42 Å². The summed E-state index contributed by atoms with van der Waals surface area (Å²) < 4.78 is 32.8. The molecule has 3 rings (SSSR count). The Morgan fingerprint density at radius 1 is 0.923 bits per heavy atom. The van der Waals surface area contributed by atoms with Crippen molar-refractivity contribution in [2.75, 3.05) is 7.11 Å². The van der Waals surface area contributed by atoms with Crippen molar-refractivity contribution in [3.05, 3.63) is 98.0 Å². The van der Waals surface area contributed by atoms with Gasteiger partial charge in [0.25, 0.3) is 10.1 Å². The Labute approximate surface area is 239 Å². The van der Waals surface area contributed by atoms with Gasteiger partial charge < -0.3 is 15.1 Å². The Kier molecular flexibility index (Phi) is 10.3. The molecular weight excluding hydrogens is 593 g/mol. The predicted molar refractivity (Wildman–Crippen MR) is 147 cm³/mol. The van der Waals surface area contributed by atoms with Crippen molar-refractivity contribution < 1.29 is 37.2 Å². The number of hydrogen-bond acceptors (Lipinski definition) is 7. The fourth-order valence-electron chi connectivity index (χ4n) is 4.00. The highest BCUT2D eigenvalue weighted by atomic mass is 35.5. The number of carboxylic acid groups (broad SMARTS) is 2. The Morgan fingerprint density at radius 3 is 2.15 bits per heavy atom. The van der Waals surface area contributed by atoms with Crippen LogP contribution in [0.1, 0.15) is 44.2 Å². The van der Waals surface area contributed by atoms with Gasteiger partial charge in [-0.25, -0.2) is 9.59 Å². The van der Waals surface area contributed by atoms with Gasteiger partial charge in [0.15, 0.2) is 0 Å². The van der Waals surface area contributed by atoms with Crippen molar-refractivity contribution >= 4 is 63.1 Å². The summed E-state index contributed by atoms with van der Waals surface area (Å²) in [6.07, 6.45) is -0.255. The van der Waals surface area contributed by atoms with Crippen LogP contribution in [-0.4, -0.2) is 50.0 Å². The topological polar surface area (TPSA) is 140 Å². The highest BCUT2D eigenvalue weighted by Crippen LogP contribution is 2.36. The summed E-state index contributed by atoms with van der Waals surface area (Å²) in [6, 6.07) is 14.2. The summed E-state index contributed by atoms with van der Waals surface area (Å²) in [6.45, 7) is 0. The smallest absolute Gasteiger partial charge is 0.335 e. The molecule has 0 spiro atoms. The van der Waals surface area contributed by atoms with Crippen LogP contribution in [0.25, 0.3) is 0 Å². The van der Waals surface area contributed by atoms with E-state index in [9.17, 15) is 28.2 Å². The summed E-state index contributed by atoms with van der Waals surface area (Å²) in [5.74, 6) is -3.43. The Bertz CT molecular complexity index is 1510. The predicted octanol–water partition coefficient (Wildman–Crippen LogP) is 6.17. The van der Waals surface area contributed by atoms with Crippen LogP contribution in [0.4, 0.5) is 0 Å². The molecule has 0 aliphatic carbocycles. The van der Waals surface area contributed by atoms with Gasteiger partial charge in [-0.3, -0.25) is 4.18 Å². The van der Waals surface area contributed by atoms with Gasteiger partial charge in [-0.1, -0.05) is 76.4 Å². The van der Waals surface area contributed by atoms with Crippen molar-refractivity contribution in [3.8, 4) is 0 Å². The number of nitrogens with zero attached hydrogens (tertiary/aromatic N) is 1. The van der Waals surface area contributed by atoms with Gasteiger partial charge in [0.2, 0.25) is 0 Å². The van der Waals surface area contributed by atoms with Crippen LogP contribution < -0.4 is 0 Å². The summed E-state index contributed by atoms with van der Waals surface area (Å²) in [5.41, 5.74) is 0.318. The average Bonchev–Trinajstić information content (AvgIpc) is 2.88. The first-order valence-electron chi connectivity index (χ1n) is 11.2. The molecule has 0 fully saturated rings. The van der Waals surface area contributed by atoms with E-state index in [4.69, 9.17) is 43.8 Å². The second kappa shape index (κ2) is 13.3. The lowest BCUT2D eigenvalue weighted by atomic mass is 9.84. The van der Waals surface area contributed by atoms with Crippen molar-refractivity contribution in [1.29, 1.82) is 0 Å². The van der Waals surface area contributed by atoms with Gasteiger partial charge in [0.05, 0.1) is 32.3 Å². The van der Waals surface area contributed by atoms with Gasteiger partial charge in [0.1, 0.15) is 12.0 Å². The van der Waals surface area contributed by atoms with E-state index in [2.05, 4.69) is 5.16 Å². The highest BCUT2D eigenvalue weighted by Gasteiger charge is 2.34. The molecule has 39 heavy (non-hydrogen) atoms. The zero-order chi connectivity index (χ0) is 28.7. The largest absolute Gasteiger partial charge is 0.478 e. The van der Waals surface area contributed by atoms with Crippen LogP contribution in [0.2, 0.25) is 15.1 Å². The van der Waals surface area contributed by atoms with E-state index in [1.807, 2.05) is 0 Å². The minimum Gasteiger partial charge on any atom is -0.478 e. The highest BCUT2D eigenvalue weighted by molar-refractivity contribution is 7.87. The third-order valence-corrected chi connectivity index (χ3v) is 8.27. The van der Waals surface area contributed by atoms with E-state index in [0.717, 1.165) is 12.1 Å². The molecule has 0 saturated carbocycles. The number of aromatic carboxylic acids is 2. The SMILES string of the molecule is CON=CC[C@@H](c1ccccc1C(=O)O)[C@@H](Cc1ccccc1C(=O)O)OS(=O)(=O)c1cc(Cl)c(Cl)cc1Cl. The van der Waals surface area contributed by atoms with E-state index >= 15 is 0 Å². The molecule has 2 N–H and O–H groups in total. The van der Waals surface area contributed by atoms with Gasteiger partial charge >= 0.3 is 11.9 Å². The van der Waals surface area contributed by atoms with E-state index in [1.165, 1.54) is 49.7 Å². The summed E-state index contributed by atoms with van der Waals surface area (Å²) >= 11 is 18.2. The molecule has 13 heteroatoms. The first-order valence-corrected chi connectivity index (χ1v) is 13.8. The zero-order valence-corrected chi connectivity index (χ0v) is 23.3. The van der Waals surface area contributed by atoms with Crippen LogP contribution >= 0.6 is 34.8 Å². The van der Waals surface area contributed by atoms with Crippen molar-refractivity contribution in [3.63, 3.8) is 0 Å². The molecule has 0 saturated heterocycles. The number of rotatable bonds is 12. The second-order valence-corrected chi connectivity index (χ2v) is 10.9. The van der Waals surface area contributed by atoms with Gasteiger partial charge in [0, 0.05) is 18.6 Å². The average molecular weight is 615 g/mol. The van der Waals surface area contributed by atoms with Crippen molar-refractivity contribution in [1.82, 2.24) is 0 Å². The van der Waals surface area contributed by atoms with Gasteiger partial charge in [-0.15, -0.1) is 0 Å². The van der Waals surface area contributed by atoms with E-state index in [-0.39, 0.29) is 50.2 Å². The van der Waals surface area contributed by atoms with E-state index in [0.29, 0.717) is 0 Å². The lowest BCUT2D eigenvalue weighted by Crippen LogP contribution is -2.30. The Balaban J connectivity index is 2.22. The molecule has 0 unspecified atom stereocenters. The second-order valence-electron chi connectivity index (χ2n) is 8.16. The molecule has 2 atom stereocenters. The van der Waals surface area contributed by atoms with Crippen LogP contribution in [0.15, 0.2) is 70.7 Å². The molecular formula is C26H22Cl3NO8S. The molecule has 0 aromatic heterocycles. The van der Waals surface area contributed by atoms with Crippen LogP contribution in [0.3, 0.4) is 0 Å². The summed E-state index contributed by atoms with van der Waals surface area (Å²) in [4.78, 5) is 28.2. The molecule has 3 aromatic rings. The Hall–Kier alpha value is -3.15. The number of carboxylic acids is 2. The third kappa shape index (κ3) is 7.49. The third-order valence-electron chi connectivity index (χ3n) is 5.74. The fraction of sp³-hybridized carbons (Fsp3) is 0.192. The molecule has 0 aliphatic rings. The minimum atomic E-state index is -4.64. The number of oxime groups is 1. The first kappa shape index (κ1) is 30.4. The van der Waals surface area contributed by atoms with Crippen LogP contribution in [-0.2, 0) is 25.6 Å². The maximum Gasteiger partial charge on any atom is 0.335 e. The standard InChI is InChI=1S/C26H22Cl3NO8S/c1-37-30-11-10-18(17-8-4-5-9-19(17)26(33)34)23(12-15-6-2-3-7-16(15)25(31)32)38-39(35,36)24-14-21(28)20(27)13-22(24)29/h2-9,11,13-14,18,23H,10,12H2,1H3,(H,31,32)(H,33,34)/t18-,23+/m0/s1. The van der Waals surface area contributed by atoms with Crippen molar-refractivity contribution in [2.24, 2.45) is 5.16 Å².